The van der Waals surface area contributed by atoms with Crippen molar-refractivity contribution in [3.63, 3.8) is 0 Å². The van der Waals surface area contributed by atoms with Gasteiger partial charge in [-0.05, 0) is 37.1 Å². The van der Waals surface area contributed by atoms with Gasteiger partial charge >= 0.3 is 0 Å². The van der Waals surface area contributed by atoms with E-state index >= 15 is 0 Å². The highest BCUT2D eigenvalue weighted by molar-refractivity contribution is 8.26. The van der Waals surface area contributed by atoms with Gasteiger partial charge in [-0.25, -0.2) is 0 Å². The number of thiocarbonyl (C=S) groups is 1. The first-order valence-corrected chi connectivity index (χ1v) is 13.7. The number of amides is 1. The Labute approximate surface area is 227 Å². The van der Waals surface area contributed by atoms with Crippen LogP contribution in [-0.2, 0) is 11.3 Å². The Hall–Kier alpha value is -3.35. The quantitative estimate of drug-likeness (QED) is 0.280. The first-order chi connectivity index (χ1) is 17.9. The number of hydrogen-bond acceptors (Lipinski definition) is 7. The van der Waals surface area contributed by atoms with Gasteiger partial charge in [0, 0.05) is 50.5 Å². The van der Waals surface area contributed by atoms with Crippen molar-refractivity contribution in [1.29, 1.82) is 5.26 Å². The molecule has 1 aromatic carbocycles. The predicted octanol–water partition coefficient (Wildman–Crippen LogP) is 4.54. The molecule has 37 heavy (non-hydrogen) atoms. The molecule has 192 valence electrons. The molecule has 0 unspecified atom stereocenters. The third kappa shape index (κ3) is 5.36. The molecule has 0 atom stereocenters. The number of carbonyl (C=O) groups is 1. The van der Waals surface area contributed by atoms with Gasteiger partial charge in [0.15, 0.2) is 0 Å². The summed E-state index contributed by atoms with van der Waals surface area (Å²) in [4.78, 5) is 33.2. The van der Waals surface area contributed by atoms with E-state index in [1.54, 1.807) is 17.6 Å². The van der Waals surface area contributed by atoms with E-state index < -0.39 is 0 Å². The smallest absolute Gasteiger partial charge is 0.270 e. The second kappa shape index (κ2) is 11.8. The minimum Gasteiger partial charge on any atom is -0.368 e. The van der Waals surface area contributed by atoms with Crippen LogP contribution in [0.15, 0.2) is 52.7 Å². The maximum atomic E-state index is 13.5. The fourth-order valence-electron chi connectivity index (χ4n) is 4.74. The molecule has 0 bridgehead atoms. The SMILES string of the molecule is C=CCN1C(=O)C(=Cc2c(C)c(C#N)c(=O)n(CCCC)c2N2CCN(c3ccccc3)CC2)SC1=S. The van der Waals surface area contributed by atoms with E-state index in [0.717, 1.165) is 37.3 Å². The van der Waals surface area contributed by atoms with E-state index in [1.165, 1.54) is 22.3 Å². The lowest BCUT2D eigenvalue weighted by Crippen LogP contribution is -2.48. The van der Waals surface area contributed by atoms with Crippen molar-refractivity contribution < 1.29 is 4.79 Å². The summed E-state index contributed by atoms with van der Waals surface area (Å²) >= 11 is 6.68. The molecule has 3 heterocycles. The van der Waals surface area contributed by atoms with Gasteiger partial charge in [0.2, 0.25) is 0 Å². The number of nitriles is 1. The fraction of sp³-hybridized carbons (Fsp3) is 0.357. The standard InChI is InChI=1S/C28H31N5O2S2/c1-4-6-13-32-25(31-16-14-30(15-17-31)21-10-8-7-9-11-21)22(20(3)23(19-29)26(32)34)18-24-27(35)33(12-5-2)28(36)37-24/h5,7-11,18H,2,4,6,12-17H2,1,3H3. The lowest BCUT2D eigenvalue weighted by molar-refractivity contribution is -0.121. The molecule has 4 rings (SSSR count). The maximum absolute atomic E-state index is 13.5. The van der Waals surface area contributed by atoms with Crippen LogP contribution < -0.4 is 15.4 Å². The summed E-state index contributed by atoms with van der Waals surface area (Å²) in [7, 11) is 0. The van der Waals surface area contributed by atoms with Crippen molar-refractivity contribution in [3.8, 4) is 6.07 Å². The van der Waals surface area contributed by atoms with Crippen molar-refractivity contribution in [1.82, 2.24) is 9.47 Å². The first-order valence-electron chi connectivity index (χ1n) is 12.5. The topological polar surface area (TPSA) is 72.6 Å². The normalized spacial score (nSPS) is 17.0. The molecule has 0 spiro atoms. The zero-order valence-corrected chi connectivity index (χ0v) is 22.9. The number of piperazine rings is 1. The van der Waals surface area contributed by atoms with Gasteiger partial charge in [-0.1, -0.05) is 61.6 Å². The summed E-state index contributed by atoms with van der Waals surface area (Å²) in [6, 6.07) is 12.4. The van der Waals surface area contributed by atoms with Crippen LogP contribution in [0.1, 0.15) is 36.5 Å². The predicted molar refractivity (Wildman–Crippen MR) is 156 cm³/mol. The second-order valence-corrected chi connectivity index (χ2v) is 10.7. The number of para-hydroxylation sites is 1. The van der Waals surface area contributed by atoms with Crippen LogP contribution in [0.4, 0.5) is 11.5 Å². The molecule has 9 heteroatoms. The van der Waals surface area contributed by atoms with Crippen molar-refractivity contribution in [2.24, 2.45) is 0 Å². The Balaban J connectivity index is 1.81. The van der Waals surface area contributed by atoms with E-state index in [9.17, 15) is 14.9 Å². The zero-order chi connectivity index (χ0) is 26.5. The largest absolute Gasteiger partial charge is 0.368 e. The van der Waals surface area contributed by atoms with Crippen LogP contribution in [0.2, 0.25) is 0 Å². The number of benzene rings is 1. The number of rotatable bonds is 8. The van der Waals surface area contributed by atoms with Crippen LogP contribution in [0.3, 0.4) is 0 Å². The Kier molecular flexibility index (Phi) is 8.52. The number of hydrogen-bond donors (Lipinski definition) is 0. The molecule has 1 aromatic heterocycles. The summed E-state index contributed by atoms with van der Waals surface area (Å²) in [6.45, 7) is 11.5. The van der Waals surface area contributed by atoms with E-state index in [-0.39, 0.29) is 17.0 Å². The van der Waals surface area contributed by atoms with Gasteiger partial charge in [-0.2, -0.15) is 5.26 Å². The second-order valence-electron chi connectivity index (χ2n) is 9.05. The van der Waals surface area contributed by atoms with E-state index in [1.807, 2.05) is 24.3 Å². The first kappa shape index (κ1) is 26.7. The highest BCUT2D eigenvalue weighted by Gasteiger charge is 2.33. The van der Waals surface area contributed by atoms with Crippen LogP contribution in [0.25, 0.3) is 6.08 Å². The number of nitrogens with zero attached hydrogens (tertiary/aromatic N) is 5. The lowest BCUT2D eigenvalue weighted by Gasteiger charge is -2.39. The summed E-state index contributed by atoms with van der Waals surface area (Å²) in [5.74, 6) is 0.593. The van der Waals surface area contributed by atoms with Gasteiger partial charge in [0.1, 0.15) is 21.8 Å². The average molecular weight is 534 g/mol. The van der Waals surface area contributed by atoms with Crippen LogP contribution >= 0.6 is 24.0 Å². The monoisotopic (exact) mass is 533 g/mol. The Morgan fingerprint density at radius 2 is 1.81 bits per heavy atom. The molecular weight excluding hydrogens is 502 g/mol. The fourth-order valence-corrected chi connectivity index (χ4v) is 6.00. The van der Waals surface area contributed by atoms with Crippen molar-refractivity contribution >= 4 is 51.8 Å². The number of pyridine rings is 1. The number of aromatic nitrogens is 1. The lowest BCUT2D eigenvalue weighted by atomic mass is 10.0. The molecule has 0 N–H and O–H groups in total. The summed E-state index contributed by atoms with van der Waals surface area (Å²) in [5.41, 5.74) is 2.35. The molecule has 0 saturated carbocycles. The molecule has 2 aliphatic heterocycles. The highest BCUT2D eigenvalue weighted by Crippen LogP contribution is 2.36. The summed E-state index contributed by atoms with van der Waals surface area (Å²) in [6.07, 6.45) is 5.19. The Morgan fingerprint density at radius 1 is 1.14 bits per heavy atom. The van der Waals surface area contributed by atoms with Crippen LogP contribution in [0, 0.1) is 18.3 Å². The Morgan fingerprint density at radius 3 is 2.43 bits per heavy atom. The molecule has 2 aliphatic rings. The minimum atomic E-state index is -0.273. The third-order valence-electron chi connectivity index (χ3n) is 6.74. The molecule has 1 amide bonds. The molecule has 0 radical (unpaired) electrons. The number of anilines is 2. The third-order valence-corrected chi connectivity index (χ3v) is 8.12. The zero-order valence-electron chi connectivity index (χ0n) is 21.3. The van der Waals surface area contributed by atoms with Gasteiger partial charge < -0.3 is 9.80 Å². The van der Waals surface area contributed by atoms with E-state index in [2.05, 4.69) is 41.5 Å². The number of unbranched alkanes of at least 4 members (excludes halogenated alkanes) is 1. The van der Waals surface area contributed by atoms with Gasteiger partial charge in [-0.3, -0.25) is 19.1 Å². The summed E-state index contributed by atoms with van der Waals surface area (Å²) in [5, 5.41) is 9.89. The molecule has 7 nitrogen and oxygen atoms in total. The number of thioether (sulfide) groups is 1. The van der Waals surface area contributed by atoms with Crippen LogP contribution in [0.5, 0.6) is 0 Å². The van der Waals surface area contributed by atoms with E-state index in [0.29, 0.717) is 41.0 Å². The van der Waals surface area contributed by atoms with Crippen molar-refractivity contribution in [2.45, 2.75) is 33.2 Å². The molecular formula is C28H31N5O2S2. The molecule has 2 fully saturated rings. The highest BCUT2D eigenvalue weighted by atomic mass is 32.2. The average Bonchev–Trinajstić information content (AvgIpc) is 3.18. The minimum absolute atomic E-state index is 0.121. The molecule has 0 aliphatic carbocycles. The molecule has 2 saturated heterocycles. The summed E-state index contributed by atoms with van der Waals surface area (Å²) < 4.78 is 2.22. The van der Waals surface area contributed by atoms with E-state index in [4.69, 9.17) is 12.2 Å². The van der Waals surface area contributed by atoms with Gasteiger partial charge in [0.25, 0.3) is 11.5 Å². The van der Waals surface area contributed by atoms with Crippen LogP contribution in [-0.4, -0.2) is 52.4 Å². The van der Waals surface area contributed by atoms with Gasteiger partial charge in [-0.15, -0.1) is 6.58 Å². The van der Waals surface area contributed by atoms with Crippen molar-refractivity contribution in [3.05, 3.63) is 74.9 Å². The number of carbonyl (C=O) groups excluding carboxylic acids is 1. The molecule has 2 aromatic rings. The van der Waals surface area contributed by atoms with Gasteiger partial charge in [0.05, 0.1) is 4.91 Å². The van der Waals surface area contributed by atoms with Crippen molar-refractivity contribution in [2.75, 3.05) is 42.5 Å². The maximum Gasteiger partial charge on any atom is 0.270 e. The Bertz CT molecular complexity index is 1340.